The van der Waals surface area contributed by atoms with E-state index in [9.17, 15) is 0 Å². The Morgan fingerprint density at radius 1 is 1.38 bits per heavy atom. The molecule has 4 heteroatoms. The van der Waals surface area contributed by atoms with Crippen LogP contribution in [0.1, 0.15) is 5.69 Å². The molecule has 0 spiro atoms. The van der Waals surface area contributed by atoms with E-state index < -0.39 is 0 Å². The molecule has 0 aliphatic rings. The Morgan fingerprint density at radius 2 is 2.31 bits per heavy atom. The van der Waals surface area contributed by atoms with Crippen molar-refractivity contribution in [1.29, 1.82) is 0 Å². The molecule has 2 aromatic heterocycles. The molecule has 0 bridgehead atoms. The number of hydrogen-bond acceptors (Lipinski definition) is 3. The van der Waals surface area contributed by atoms with Crippen molar-refractivity contribution in [3.05, 3.63) is 42.5 Å². The lowest BCUT2D eigenvalue weighted by Crippen LogP contribution is -1.96. The Morgan fingerprint density at radius 3 is 2.92 bits per heavy atom. The lowest BCUT2D eigenvalue weighted by molar-refractivity contribution is 0.276. The van der Waals surface area contributed by atoms with Crippen molar-refractivity contribution in [2.24, 2.45) is 0 Å². The molecule has 1 N–H and O–H groups in total. The van der Waals surface area contributed by atoms with Gasteiger partial charge >= 0.3 is 0 Å². The summed E-state index contributed by atoms with van der Waals surface area (Å²) in [7, 11) is 0. The molecule has 2 heterocycles. The SMILES string of the molecule is OCc1ccn(-c2cccnc2)n1. The van der Waals surface area contributed by atoms with E-state index in [0.717, 1.165) is 5.69 Å². The zero-order valence-electron chi connectivity index (χ0n) is 6.96. The normalized spacial score (nSPS) is 10.2. The van der Waals surface area contributed by atoms with Crippen molar-refractivity contribution in [3.8, 4) is 5.69 Å². The highest BCUT2D eigenvalue weighted by Gasteiger charge is 1.98. The number of pyridine rings is 1. The van der Waals surface area contributed by atoms with Gasteiger partial charge in [0, 0.05) is 12.4 Å². The first-order valence-electron chi connectivity index (χ1n) is 3.96. The Balaban J connectivity index is 2.36. The molecule has 66 valence electrons. The van der Waals surface area contributed by atoms with Crippen LogP contribution >= 0.6 is 0 Å². The van der Waals surface area contributed by atoms with Crippen molar-refractivity contribution in [2.45, 2.75) is 6.61 Å². The molecule has 4 nitrogen and oxygen atoms in total. The minimum Gasteiger partial charge on any atom is -0.390 e. The molecule has 0 aliphatic carbocycles. The van der Waals surface area contributed by atoms with Gasteiger partial charge in [-0.05, 0) is 18.2 Å². The molecule has 0 aromatic carbocycles. The van der Waals surface area contributed by atoms with Gasteiger partial charge in [-0.1, -0.05) is 0 Å². The molecule has 2 aromatic rings. The fourth-order valence-corrected chi connectivity index (χ4v) is 1.08. The highest BCUT2D eigenvalue weighted by atomic mass is 16.3. The van der Waals surface area contributed by atoms with Gasteiger partial charge < -0.3 is 5.11 Å². The Kier molecular flexibility index (Phi) is 2.06. The first kappa shape index (κ1) is 7.94. The summed E-state index contributed by atoms with van der Waals surface area (Å²) in [6.07, 6.45) is 5.22. The zero-order chi connectivity index (χ0) is 9.10. The van der Waals surface area contributed by atoms with Crippen LogP contribution in [0.15, 0.2) is 36.8 Å². The average Bonchev–Trinajstić information content (AvgIpc) is 2.67. The third-order valence-electron chi connectivity index (χ3n) is 1.72. The molecule has 0 aliphatic heterocycles. The van der Waals surface area contributed by atoms with Gasteiger partial charge in [-0.15, -0.1) is 0 Å². The molecular formula is C9H9N3O. The van der Waals surface area contributed by atoms with Crippen LogP contribution in [0, 0.1) is 0 Å². The largest absolute Gasteiger partial charge is 0.390 e. The molecule has 0 radical (unpaired) electrons. The molecule has 0 unspecified atom stereocenters. The number of aliphatic hydroxyl groups excluding tert-OH is 1. The summed E-state index contributed by atoms with van der Waals surface area (Å²) in [4.78, 5) is 3.97. The monoisotopic (exact) mass is 175 g/mol. The van der Waals surface area contributed by atoms with E-state index in [-0.39, 0.29) is 6.61 Å². The van der Waals surface area contributed by atoms with Gasteiger partial charge in [0.25, 0.3) is 0 Å². The average molecular weight is 175 g/mol. The van der Waals surface area contributed by atoms with E-state index in [1.807, 2.05) is 12.1 Å². The van der Waals surface area contributed by atoms with Crippen molar-refractivity contribution in [3.63, 3.8) is 0 Å². The minimum atomic E-state index is -0.0345. The summed E-state index contributed by atoms with van der Waals surface area (Å²) in [5.41, 5.74) is 1.55. The summed E-state index contributed by atoms with van der Waals surface area (Å²) >= 11 is 0. The van der Waals surface area contributed by atoms with E-state index in [0.29, 0.717) is 5.69 Å². The van der Waals surface area contributed by atoms with Crippen LogP contribution in [0.25, 0.3) is 5.69 Å². The predicted molar refractivity (Wildman–Crippen MR) is 47.3 cm³/mol. The maximum Gasteiger partial charge on any atom is 0.0883 e. The van der Waals surface area contributed by atoms with Crippen molar-refractivity contribution < 1.29 is 5.11 Å². The summed E-state index contributed by atoms with van der Waals surface area (Å²) in [5, 5.41) is 12.9. The number of nitrogens with zero attached hydrogens (tertiary/aromatic N) is 3. The van der Waals surface area contributed by atoms with Gasteiger partial charge in [0.15, 0.2) is 0 Å². The van der Waals surface area contributed by atoms with E-state index in [2.05, 4.69) is 10.1 Å². The molecule has 0 atom stereocenters. The van der Waals surface area contributed by atoms with E-state index >= 15 is 0 Å². The molecule has 0 saturated carbocycles. The minimum absolute atomic E-state index is 0.0345. The smallest absolute Gasteiger partial charge is 0.0883 e. The van der Waals surface area contributed by atoms with Crippen LogP contribution in [0.3, 0.4) is 0 Å². The number of aromatic nitrogens is 3. The first-order valence-corrected chi connectivity index (χ1v) is 3.96. The van der Waals surface area contributed by atoms with Crippen LogP contribution in [-0.4, -0.2) is 19.9 Å². The zero-order valence-corrected chi connectivity index (χ0v) is 6.96. The lowest BCUT2D eigenvalue weighted by atomic mass is 10.4. The highest BCUT2D eigenvalue weighted by Crippen LogP contribution is 2.04. The van der Waals surface area contributed by atoms with Gasteiger partial charge in [-0.25, -0.2) is 4.68 Å². The number of aliphatic hydroxyl groups is 1. The first-order chi connectivity index (χ1) is 6.40. The maximum atomic E-state index is 8.81. The topological polar surface area (TPSA) is 50.9 Å². The fourth-order valence-electron chi connectivity index (χ4n) is 1.08. The number of rotatable bonds is 2. The Labute approximate surface area is 75.5 Å². The molecule has 0 amide bonds. The summed E-state index contributed by atoms with van der Waals surface area (Å²) in [5.74, 6) is 0. The maximum absolute atomic E-state index is 8.81. The molecular weight excluding hydrogens is 166 g/mol. The predicted octanol–water partition coefficient (Wildman–Crippen LogP) is 0.760. The van der Waals surface area contributed by atoms with Crippen LogP contribution in [0.4, 0.5) is 0 Å². The van der Waals surface area contributed by atoms with Crippen molar-refractivity contribution in [1.82, 2.24) is 14.8 Å². The molecule has 2 rings (SSSR count). The van der Waals surface area contributed by atoms with Gasteiger partial charge in [0.2, 0.25) is 0 Å². The second-order valence-electron chi connectivity index (χ2n) is 2.62. The quantitative estimate of drug-likeness (QED) is 0.733. The summed E-state index contributed by atoms with van der Waals surface area (Å²) < 4.78 is 1.68. The van der Waals surface area contributed by atoms with Gasteiger partial charge in [0.1, 0.15) is 0 Å². The lowest BCUT2D eigenvalue weighted by Gasteiger charge is -1.98. The highest BCUT2D eigenvalue weighted by molar-refractivity contribution is 5.26. The fraction of sp³-hybridized carbons (Fsp3) is 0.111. The molecule has 13 heavy (non-hydrogen) atoms. The van der Waals surface area contributed by atoms with Crippen LogP contribution in [0.2, 0.25) is 0 Å². The van der Waals surface area contributed by atoms with Gasteiger partial charge in [-0.2, -0.15) is 5.10 Å². The van der Waals surface area contributed by atoms with Crippen molar-refractivity contribution >= 4 is 0 Å². The van der Waals surface area contributed by atoms with Gasteiger partial charge in [0.05, 0.1) is 24.2 Å². The van der Waals surface area contributed by atoms with Crippen LogP contribution in [0.5, 0.6) is 0 Å². The summed E-state index contributed by atoms with van der Waals surface area (Å²) in [6, 6.07) is 5.52. The Bertz CT molecular complexity index is 383. The van der Waals surface area contributed by atoms with E-state index in [1.54, 1.807) is 29.3 Å². The van der Waals surface area contributed by atoms with Crippen LogP contribution < -0.4 is 0 Å². The number of hydrogen-bond donors (Lipinski definition) is 1. The second-order valence-corrected chi connectivity index (χ2v) is 2.62. The third-order valence-corrected chi connectivity index (χ3v) is 1.72. The third kappa shape index (κ3) is 1.57. The van der Waals surface area contributed by atoms with Gasteiger partial charge in [-0.3, -0.25) is 4.98 Å². The standard InChI is InChI=1S/C9H9N3O/c13-7-8-3-5-12(11-8)9-2-1-4-10-6-9/h1-6,13H,7H2. The van der Waals surface area contributed by atoms with E-state index in [1.165, 1.54) is 0 Å². The molecule has 0 saturated heterocycles. The van der Waals surface area contributed by atoms with E-state index in [4.69, 9.17) is 5.11 Å². The Hall–Kier alpha value is -1.68. The second kappa shape index (κ2) is 3.37. The summed E-state index contributed by atoms with van der Waals surface area (Å²) in [6.45, 7) is -0.0345. The van der Waals surface area contributed by atoms with Crippen LogP contribution in [-0.2, 0) is 6.61 Å². The molecule has 0 fully saturated rings. The van der Waals surface area contributed by atoms with Crippen molar-refractivity contribution in [2.75, 3.05) is 0 Å².